The minimum absolute atomic E-state index is 0.113. The van der Waals surface area contributed by atoms with Crippen molar-refractivity contribution >= 4 is 18.1 Å². The Labute approximate surface area is 230 Å². The van der Waals surface area contributed by atoms with E-state index in [1.165, 1.54) is 12.0 Å². The van der Waals surface area contributed by atoms with E-state index >= 15 is 0 Å². The molecule has 4 N–H and O–H groups in total. The number of amides is 1. The van der Waals surface area contributed by atoms with Crippen molar-refractivity contribution in [3.05, 3.63) is 72.4 Å². The SMILES string of the molecule is CNC(=O)O[C@H]1CC[C@H](C(C)(C=O)Nc2cnc(-c3ccc(C4(N)CCC4)cc3)c(-c3ccccc3)c2)CC1. The smallest absolute Gasteiger partial charge is 0.407 e. The number of carbonyl (C=O) groups is 2. The molecule has 204 valence electrons. The maximum absolute atomic E-state index is 12.4. The molecular formula is C32H38N4O3. The van der Waals surface area contributed by atoms with Crippen LogP contribution in [0.25, 0.3) is 22.4 Å². The lowest BCUT2D eigenvalue weighted by Crippen LogP contribution is -2.46. The van der Waals surface area contributed by atoms with E-state index in [9.17, 15) is 9.59 Å². The largest absolute Gasteiger partial charge is 0.446 e. The second-order valence-electron chi connectivity index (χ2n) is 11.2. The number of aromatic nitrogens is 1. The van der Waals surface area contributed by atoms with E-state index in [1.807, 2.05) is 31.3 Å². The van der Waals surface area contributed by atoms with E-state index in [0.29, 0.717) is 0 Å². The number of pyridine rings is 1. The van der Waals surface area contributed by atoms with Crippen molar-refractivity contribution in [1.29, 1.82) is 0 Å². The summed E-state index contributed by atoms with van der Waals surface area (Å²) in [5.74, 6) is 0.113. The quantitative estimate of drug-likeness (QED) is 0.309. The molecule has 5 rings (SSSR count). The number of rotatable bonds is 8. The predicted octanol–water partition coefficient (Wildman–Crippen LogP) is 6.04. The highest BCUT2D eigenvalue weighted by molar-refractivity contribution is 5.83. The highest BCUT2D eigenvalue weighted by atomic mass is 16.6. The fourth-order valence-corrected chi connectivity index (χ4v) is 5.94. The molecule has 0 spiro atoms. The summed E-state index contributed by atoms with van der Waals surface area (Å²) in [7, 11) is 1.56. The van der Waals surface area contributed by atoms with Crippen molar-refractivity contribution in [3.8, 4) is 22.4 Å². The van der Waals surface area contributed by atoms with Gasteiger partial charge < -0.3 is 25.9 Å². The number of anilines is 1. The van der Waals surface area contributed by atoms with E-state index < -0.39 is 11.6 Å². The van der Waals surface area contributed by atoms with Gasteiger partial charge in [-0.25, -0.2) is 4.79 Å². The zero-order valence-corrected chi connectivity index (χ0v) is 22.8. The number of carbonyl (C=O) groups excluding carboxylic acids is 2. The lowest BCUT2D eigenvalue weighted by molar-refractivity contribution is -0.113. The Morgan fingerprint density at radius 3 is 2.33 bits per heavy atom. The second kappa shape index (κ2) is 11.2. The van der Waals surface area contributed by atoms with Gasteiger partial charge in [0.2, 0.25) is 0 Å². The number of hydrogen-bond acceptors (Lipinski definition) is 6. The number of hydrogen-bond donors (Lipinski definition) is 3. The molecule has 7 heteroatoms. The molecule has 2 aliphatic rings. The predicted molar refractivity (Wildman–Crippen MR) is 154 cm³/mol. The van der Waals surface area contributed by atoms with Crippen LogP contribution in [0.15, 0.2) is 66.9 Å². The van der Waals surface area contributed by atoms with Crippen LogP contribution in [-0.4, -0.2) is 36.1 Å². The maximum atomic E-state index is 12.4. The molecule has 2 aliphatic carbocycles. The van der Waals surface area contributed by atoms with E-state index in [-0.39, 0.29) is 17.6 Å². The molecule has 2 fully saturated rings. The molecule has 1 atom stereocenters. The van der Waals surface area contributed by atoms with E-state index in [2.05, 4.69) is 53.1 Å². The molecular weight excluding hydrogens is 488 g/mol. The van der Waals surface area contributed by atoms with Gasteiger partial charge in [-0.1, -0.05) is 54.6 Å². The van der Waals surface area contributed by atoms with Crippen LogP contribution in [0, 0.1) is 5.92 Å². The monoisotopic (exact) mass is 526 g/mol. The van der Waals surface area contributed by atoms with Gasteiger partial charge in [0.1, 0.15) is 12.4 Å². The Bertz CT molecular complexity index is 1300. The molecule has 7 nitrogen and oxygen atoms in total. The molecule has 0 saturated heterocycles. The molecule has 39 heavy (non-hydrogen) atoms. The lowest BCUT2D eigenvalue weighted by atomic mass is 9.72. The molecule has 3 aromatic rings. The summed E-state index contributed by atoms with van der Waals surface area (Å²) in [6.45, 7) is 1.95. The van der Waals surface area contributed by atoms with Gasteiger partial charge >= 0.3 is 6.09 Å². The van der Waals surface area contributed by atoms with E-state index in [1.54, 1.807) is 7.05 Å². The first-order chi connectivity index (χ1) is 18.8. The molecule has 1 aromatic heterocycles. The average Bonchev–Trinajstić information content (AvgIpc) is 2.96. The Morgan fingerprint density at radius 2 is 1.74 bits per heavy atom. The standard InChI is InChI=1S/C32H38N4O3/c1-31(21-37,24-13-15-27(16-14-24)39-30(38)34-2)36-26-19-28(22-7-4-3-5-8-22)29(35-20-26)23-9-11-25(12-10-23)32(33)17-6-18-32/h3-5,7-12,19-21,24,27,36H,6,13-18,33H2,1-2H3,(H,34,38)/t24-,27-,31?. The number of alkyl carbamates (subject to hydrolysis) is 1. The molecule has 2 aromatic carbocycles. The molecule has 2 saturated carbocycles. The zero-order chi connectivity index (χ0) is 27.5. The average molecular weight is 527 g/mol. The Morgan fingerprint density at radius 1 is 1.05 bits per heavy atom. The lowest BCUT2D eigenvalue weighted by Gasteiger charge is -2.39. The number of aldehydes is 1. The van der Waals surface area contributed by atoms with Gasteiger partial charge in [0.15, 0.2) is 0 Å². The minimum atomic E-state index is -0.769. The van der Waals surface area contributed by atoms with Crippen LogP contribution in [0.1, 0.15) is 57.4 Å². The third kappa shape index (κ3) is 5.69. The fourth-order valence-electron chi connectivity index (χ4n) is 5.94. The summed E-state index contributed by atoms with van der Waals surface area (Å²) in [6.07, 6.45) is 8.57. The summed E-state index contributed by atoms with van der Waals surface area (Å²) in [5.41, 5.74) is 11.5. The van der Waals surface area contributed by atoms with Crippen molar-refractivity contribution in [1.82, 2.24) is 10.3 Å². The van der Waals surface area contributed by atoms with Crippen LogP contribution < -0.4 is 16.4 Å². The number of nitrogens with zero attached hydrogens (tertiary/aromatic N) is 1. The number of nitrogens with two attached hydrogens (primary N) is 1. The first-order valence-corrected chi connectivity index (χ1v) is 13.9. The first-order valence-electron chi connectivity index (χ1n) is 13.9. The van der Waals surface area contributed by atoms with Crippen molar-refractivity contribution in [3.63, 3.8) is 0 Å². The van der Waals surface area contributed by atoms with Crippen molar-refractivity contribution in [2.75, 3.05) is 12.4 Å². The van der Waals surface area contributed by atoms with Crippen molar-refractivity contribution in [2.24, 2.45) is 11.7 Å². The van der Waals surface area contributed by atoms with E-state index in [0.717, 1.165) is 72.9 Å². The van der Waals surface area contributed by atoms with Gasteiger partial charge in [-0.2, -0.15) is 0 Å². The van der Waals surface area contributed by atoms with Crippen LogP contribution in [-0.2, 0) is 15.1 Å². The molecule has 1 amide bonds. The molecule has 1 unspecified atom stereocenters. The zero-order valence-electron chi connectivity index (χ0n) is 22.8. The normalized spacial score (nSPS) is 21.6. The van der Waals surface area contributed by atoms with Crippen LogP contribution in [0.5, 0.6) is 0 Å². The maximum Gasteiger partial charge on any atom is 0.407 e. The van der Waals surface area contributed by atoms with Crippen LogP contribution in [0.2, 0.25) is 0 Å². The highest BCUT2D eigenvalue weighted by Crippen LogP contribution is 2.41. The van der Waals surface area contributed by atoms with Gasteiger partial charge in [-0.15, -0.1) is 0 Å². The van der Waals surface area contributed by atoms with Gasteiger partial charge in [0, 0.05) is 23.7 Å². The number of benzene rings is 2. The van der Waals surface area contributed by atoms with Crippen molar-refractivity contribution < 1.29 is 14.3 Å². The van der Waals surface area contributed by atoms with Gasteiger partial charge in [-0.05, 0) is 75.0 Å². The van der Waals surface area contributed by atoms with Crippen molar-refractivity contribution in [2.45, 2.75) is 69.1 Å². The second-order valence-corrected chi connectivity index (χ2v) is 11.2. The summed E-state index contributed by atoms with van der Waals surface area (Å²) in [6, 6.07) is 20.8. The van der Waals surface area contributed by atoms with Gasteiger partial charge in [0.05, 0.1) is 23.1 Å². The van der Waals surface area contributed by atoms with Crippen LogP contribution in [0.3, 0.4) is 0 Å². The molecule has 0 radical (unpaired) electrons. The summed E-state index contributed by atoms with van der Waals surface area (Å²) >= 11 is 0. The third-order valence-electron chi connectivity index (χ3n) is 8.61. The summed E-state index contributed by atoms with van der Waals surface area (Å²) in [5, 5.41) is 6.01. The van der Waals surface area contributed by atoms with E-state index in [4.69, 9.17) is 15.5 Å². The Kier molecular flexibility index (Phi) is 7.71. The molecule has 0 aliphatic heterocycles. The number of nitrogens with one attached hydrogen (secondary N) is 2. The summed E-state index contributed by atoms with van der Waals surface area (Å²) in [4.78, 5) is 28.9. The van der Waals surface area contributed by atoms with Gasteiger partial charge in [-0.3, -0.25) is 4.98 Å². The first kappa shape index (κ1) is 26.9. The highest BCUT2D eigenvalue weighted by Gasteiger charge is 2.38. The Hall–Kier alpha value is -3.71. The third-order valence-corrected chi connectivity index (χ3v) is 8.61. The summed E-state index contributed by atoms with van der Waals surface area (Å²) < 4.78 is 5.43. The Balaban J connectivity index is 1.39. The molecule has 0 bridgehead atoms. The minimum Gasteiger partial charge on any atom is -0.446 e. The molecule has 1 heterocycles. The van der Waals surface area contributed by atoms with Gasteiger partial charge in [0.25, 0.3) is 0 Å². The topological polar surface area (TPSA) is 106 Å². The van der Waals surface area contributed by atoms with Crippen LogP contribution >= 0.6 is 0 Å². The fraction of sp³-hybridized carbons (Fsp3) is 0.406. The number of ether oxygens (including phenoxy) is 1. The van der Waals surface area contributed by atoms with Crippen LogP contribution in [0.4, 0.5) is 10.5 Å².